The van der Waals surface area contributed by atoms with E-state index in [1.165, 1.54) is 42.1 Å². The van der Waals surface area contributed by atoms with Gasteiger partial charge >= 0.3 is 5.97 Å². The van der Waals surface area contributed by atoms with Gasteiger partial charge in [-0.2, -0.15) is 0 Å². The number of nitrogens with one attached hydrogen (secondary N) is 3. The first-order valence-corrected chi connectivity index (χ1v) is 15.5. The van der Waals surface area contributed by atoms with E-state index in [0.29, 0.717) is 38.2 Å². The molecular weight excluding hydrogens is 657 g/mol. The van der Waals surface area contributed by atoms with Gasteiger partial charge in [0.2, 0.25) is 5.91 Å². The van der Waals surface area contributed by atoms with Gasteiger partial charge in [-0.3, -0.25) is 14.4 Å². The van der Waals surface area contributed by atoms with Gasteiger partial charge in [0.1, 0.15) is 5.70 Å². The Hall–Kier alpha value is -4.28. The quantitative estimate of drug-likeness (QED) is 0.0933. The number of thioether (sulfide) groups is 1. The molecule has 4 aromatic carbocycles. The molecule has 0 bridgehead atoms. The topological polar surface area (TPSA) is 125 Å². The van der Waals surface area contributed by atoms with Crippen LogP contribution in [0.15, 0.2) is 102 Å². The molecule has 230 valence electrons. The van der Waals surface area contributed by atoms with Crippen LogP contribution in [0.1, 0.15) is 39.6 Å². The molecule has 4 N–H and O–H groups in total. The normalized spacial score (nSPS) is 11.8. The zero-order valence-corrected chi connectivity index (χ0v) is 26.7. The molecule has 0 fully saturated rings. The maximum absolute atomic E-state index is 13.5. The number of rotatable bonds is 11. The van der Waals surface area contributed by atoms with Gasteiger partial charge in [-0.15, -0.1) is 11.8 Å². The van der Waals surface area contributed by atoms with Crippen LogP contribution in [0.3, 0.4) is 0 Å². The lowest BCUT2D eigenvalue weighted by atomic mass is 10.1. The van der Waals surface area contributed by atoms with Crippen molar-refractivity contribution in [3.63, 3.8) is 0 Å². The molecule has 0 saturated carbocycles. The van der Waals surface area contributed by atoms with E-state index >= 15 is 0 Å². The number of carboxylic acids is 1. The maximum atomic E-state index is 13.5. The van der Waals surface area contributed by atoms with Crippen LogP contribution in [0, 0.1) is 0 Å². The highest BCUT2D eigenvalue weighted by Crippen LogP contribution is 2.30. The molecule has 3 amide bonds. The number of carboxylic acid groups (broad SMARTS) is 1. The Morgan fingerprint density at radius 2 is 1.58 bits per heavy atom. The standard InChI is InChI=1S/C33H26Cl3N3O5S/c1-2-29(32(42)38-27-16-21(33(43)44)12-14-25(27)35)45-24-10-6-9-23(18-24)37-31(41)28(15-20-11-13-22(34)17-26(20)36)39-30(40)19-7-4-3-5-8-19/h3-18,29H,2H2,1H3,(H,37,41)(H,38,42)(H,39,40)(H,43,44)/b28-15+. The Labute approximate surface area is 278 Å². The van der Waals surface area contributed by atoms with Crippen LogP contribution in [-0.2, 0) is 9.59 Å². The van der Waals surface area contributed by atoms with Crippen LogP contribution in [0.5, 0.6) is 0 Å². The monoisotopic (exact) mass is 681 g/mol. The predicted octanol–water partition coefficient (Wildman–Crippen LogP) is 8.26. The van der Waals surface area contributed by atoms with E-state index < -0.39 is 23.0 Å². The first kappa shape index (κ1) is 33.6. The molecule has 0 saturated heterocycles. The lowest BCUT2D eigenvalue weighted by Crippen LogP contribution is -2.30. The molecule has 0 aliphatic heterocycles. The smallest absolute Gasteiger partial charge is 0.335 e. The number of anilines is 2. The van der Waals surface area contributed by atoms with Crippen LogP contribution in [0.25, 0.3) is 6.08 Å². The number of aromatic carboxylic acids is 1. The van der Waals surface area contributed by atoms with Crippen LogP contribution in [0.2, 0.25) is 15.1 Å². The summed E-state index contributed by atoms with van der Waals surface area (Å²) < 4.78 is 0. The van der Waals surface area contributed by atoms with E-state index in [4.69, 9.17) is 34.8 Å². The van der Waals surface area contributed by atoms with Crippen LogP contribution >= 0.6 is 46.6 Å². The Kier molecular flexibility index (Phi) is 11.7. The highest BCUT2D eigenvalue weighted by atomic mass is 35.5. The minimum Gasteiger partial charge on any atom is -0.478 e. The average molecular weight is 683 g/mol. The minimum atomic E-state index is -1.14. The summed E-state index contributed by atoms with van der Waals surface area (Å²) in [6, 6.07) is 24.2. The van der Waals surface area contributed by atoms with Gasteiger partial charge in [-0.1, -0.05) is 72.1 Å². The van der Waals surface area contributed by atoms with Crippen molar-refractivity contribution < 1.29 is 24.3 Å². The van der Waals surface area contributed by atoms with E-state index in [1.54, 1.807) is 66.7 Å². The molecule has 4 aromatic rings. The van der Waals surface area contributed by atoms with Gasteiger partial charge in [-0.25, -0.2) is 4.79 Å². The number of benzene rings is 4. The van der Waals surface area contributed by atoms with Crippen LogP contribution in [0.4, 0.5) is 11.4 Å². The highest BCUT2D eigenvalue weighted by Gasteiger charge is 2.21. The summed E-state index contributed by atoms with van der Waals surface area (Å²) in [7, 11) is 0. The summed E-state index contributed by atoms with van der Waals surface area (Å²) in [5.74, 6) is -2.60. The third kappa shape index (κ3) is 9.36. The number of hydrogen-bond acceptors (Lipinski definition) is 5. The zero-order valence-electron chi connectivity index (χ0n) is 23.6. The summed E-state index contributed by atoms with van der Waals surface area (Å²) in [5.41, 5.74) is 1.37. The van der Waals surface area contributed by atoms with Gasteiger partial charge < -0.3 is 21.1 Å². The molecule has 8 nitrogen and oxygen atoms in total. The fraction of sp³-hybridized carbons (Fsp3) is 0.0909. The largest absolute Gasteiger partial charge is 0.478 e. The summed E-state index contributed by atoms with van der Waals surface area (Å²) in [6.07, 6.45) is 1.90. The Morgan fingerprint density at radius 3 is 2.27 bits per heavy atom. The third-order valence-corrected chi connectivity index (χ3v) is 8.55. The molecule has 0 heterocycles. The molecule has 1 unspecified atom stereocenters. The molecule has 0 aliphatic carbocycles. The Balaban J connectivity index is 1.52. The second-order valence-electron chi connectivity index (χ2n) is 9.53. The molecule has 12 heteroatoms. The SMILES string of the molecule is CCC(Sc1cccc(NC(=O)/C(=C\c2ccc(Cl)cc2Cl)NC(=O)c2ccccc2)c1)C(=O)Nc1cc(C(=O)O)ccc1Cl. The molecule has 0 aromatic heterocycles. The van der Waals surface area contributed by atoms with Gasteiger partial charge in [0.05, 0.1) is 21.5 Å². The molecule has 0 radical (unpaired) electrons. The molecule has 0 spiro atoms. The first-order chi connectivity index (χ1) is 21.5. The fourth-order valence-electron chi connectivity index (χ4n) is 4.02. The number of halogens is 3. The van der Waals surface area contributed by atoms with Crippen molar-refractivity contribution in [3.8, 4) is 0 Å². The third-order valence-electron chi connectivity index (χ3n) is 6.30. The van der Waals surface area contributed by atoms with Crippen molar-refractivity contribution in [1.29, 1.82) is 0 Å². The Morgan fingerprint density at radius 1 is 0.822 bits per heavy atom. The predicted molar refractivity (Wildman–Crippen MR) is 180 cm³/mol. The van der Waals surface area contributed by atoms with Crippen molar-refractivity contribution in [2.75, 3.05) is 10.6 Å². The van der Waals surface area contributed by atoms with Crippen LogP contribution < -0.4 is 16.0 Å². The van der Waals surface area contributed by atoms with E-state index in [-0.39, 0.29) is 27.9 Å². The lowest BCUT2D eigenvalue weighted by Gasteiger charge is -2.17. The number of amides is 3. The van der Waals surface area contributed by atoms with Crippen LogP contribution in [-0.4, -0.2) is 34.0 Å². The number of carbonyl (C=O) groups is 4. The minimum absolute atomic E-state index is 0.00875. The van der Waals surface area contributed by atoms with Crippen molar-refractivity contribution in [3.05, 3.63) is 128 Å². The molecule has 4 rings (SSSR count). The summed E-state index contributed by atoms with van der Waals surface area (Å²) in [4.78, 5) is 51.6. The van der Waals surface area contributed by atoms with E-state index in [2.05, 4.69) is 16.0 Å². The molecule has 45 heavy (non-hydrogen) atoms. The van der Waals surface area contributed by atoms with E-state index in [0.717, 1.165) is 0 Å². The second-order valence-corrected chi connectivity index (χ2v) is 12.1. The zero-order chi connectivity index (χ0) is 32.5. The van der Waals surface area contributed by atoms with Crippen molar-refractivity contribution in [2.45, 2.75) is 23.5 Å². The van der Waals surface area contributed by atoms with E-state index in [1.807, 2.05) is 6.92 Å². The van der Waals surface area contributed by atoms with Gasteiger partial charge in [0.15, 0.2) is 0 Å². The number of hydrogen-bond donors (Lipinski definition) is 4. The molecule has 1 atom stereocenters. The first-order valence-electron chi connectivity index (χ1n) is 13.5. The average Bonchev–Trinajstić information content (AvgIpc) is 3.02. The summed E-state index contributed by atoms with van der Waals surface area (Å²) >= 11 is 19.8. The molecular formula is C33H26Cl3N3O5S. The van der Waals surface area contributed by atoms with E-state index in [9.17, 15) is 24.3 Å². The van der Waals surface area contributed by atoms with Crippen molar-refractivity contribution in [1.82, 2.24) is 5.32 Å². The highest BCUT2D eigenvalue weighted by molar-refractivity contribution is 8.00. The fourth-order valence-corrected chi connectivity index (χ4v) is 5.66. The molecule has 0 aliphatic rings. The van der Waals surface area contributed by atoms with Gasteiger partial charge in [-0.05, 0) is 78.7 Å². The van der Waals surface area contributed by atoms with Crippen molar-refractivity contribution >= 4 is 87.7 Å². The maximum Gasteiger partial charge on any atom is 0.335 e. The Bertz CT molecular complexity index is 1780. The second kappa shape index (κ2) is 15.6. The van der Waals surface area contributed by atoms with Crippen molar-refractivity contribution in [2.24, 2.45) is 0 Å². The summed E-state index contributed by atoms with van der Waals surface area (Å²) in [6.45, 7) is 1.84. The van der Waals surface area contributed by atoms with Gasteiger partial charge in [0, 0.05) is 26.2 Å². The summed E-state index contributed by atoms with van der Waals surface area (Å²) in [5, 5.41) is 17.8. The number of carbonyl (C=O) groups excluding carboxylic acids is 3. The van der Waals surface area contributed by atoms with Gasteiger partial charge in [0.25, 0.3) is 11.8 Å². The lowest BCUT2D eigenvalue weighted by molar-refractivity contribution is -0.116.